The Kier molecular flexibility index (Phi) is 4.26. The summed E-state index contributed by atoms with van der Waals surface area (Å²) in [5.74, 6) is 0.741. The third-order valence-electron chi connectivity index (χ3n) is 3.29. The molecule has 2 rings (SSSR count). The average molecular weight is 314 g/mol. The Hall–Kier alpha value is -1.25. The van der Waals surface area contributed by atoms with Crippen LogP contribution in [0.2, 0.25) is 0 Å². The van der Waals surface area contributed by atoms with Crippen LogP contribution in [-0.4, -0.2) is 55.1 Å². The minimum atomic E-state index is -3.13. The third kappa shape index (κ3) is 3.25. The molecular formula is C12H18N4O2S2. The summed E-state index contributed by atoms with van der Waals surface area (Å²) in [6, 6.07) is 3.73. The largest absolute Gasteiger partial charge is 0.389 e. The molecule has 0 saturated carbocycles. The smallest absolute Gasteiger partial charge is 0.211 e. The van der Waals surface area contributed by atoms with Crippen molar-refractivity contribution < 1.29 is 8.42 Å². The molecule has 0 amide bonds. The first kappa shape index (κ1) is 15.1. The van der Waals surface area contributed by atoms with Gasteiger partial charge >= 0.3 is 0 Å². The number of rotatable bonds is 3. The van der Waals surface area contributed by atoms with E-state index in [4.69, 9.17) is 18.0 Å². The van der Waals surface area contributed by atoms with Gasteiger partial charge in [0.05, 0.1) is 11.8 Å². The molecule has 1 aliphatic rings. The van der Waals surface area contributed by atoms with Gasteiger partial charge in [-0.15, -0.1) is 0 Å². The van der Waals surface area contributed by atoms with E-state index in [1.54, 1.807) is 0 Å². The van der Waals surface area contributed by atoms with Crippen molar-refractivity contribution in [3.05, 3.63) is 23.4 Å². The molecule has 1 aromatic heterocycles. The molecule has 0 unspecified atom stereocenters. The number of nitrogens with two attached hydrogens (primary N) is 1. The molecule has 2 heterocycles. The van der Waals surface area contributed by atoms with E-state index < -0.39 is 10.0 Å². The van der Waals surface area contributed by atoms with Crippen molar-refractivity contribution >= 4 is 33.0 Å². The van der Waals surface area contributed by atoms with E-state index in [0.29, 0.717) is 31.2 Å². The molecule has 0 atom stereocenters. The van der Waals surface area contributed by atoms with Crippen LogP contribution < -0.4 is 10.6 Å². The van der Waals surface area contributed by atoms with Crippen LogP contribution in [0, 0.1) is 6.92 Å². The maximum Gasteiger partial charge on any atom is 0.211 e. The van der Waals surface area contributed by atoms with Gasteiger partial charge in [-0.25, -0.2) is 13.4 Å². The van der Waals surface area contributed by atoms with Crippen LogP contribution in [-0.2, 0) is 10.0 Å². The van der Waals surface area contributed by atoms with Gasteiger partial charge in [-0.3, -0.25) is 0 Å². The summed E-state index contributed by atoms with van der Waals surface area (Å²) in [7, 11) is -3.13. The van der Waals surface area contributed by atoms with E-state index in [9.17, 15) is 8.42 Å². The van der Waals surface area contributed by atoms with Crippen molar-refractivity contribution in [1.82, 2.24) is 9.29 Å². The number of nitrogens with zero attached hydrogens (tertiary/aromatic N) is 3. The highest BCUT2D eigenvalue weighted by atomic mass is 32.2. The van der Waals surface area contributed by atoms with Crippen molar-refractivity contribution in [3.8, 4) is 0 Å². The number of hydrogen-bond acceptors (Lipinski definition) is 5. The number of hydrogen-bond donors (Lipinski definition) is 1. The van der Waals surface area contributed by atoms with Gasteiger partial charge in [0.1, 0.15) is 10.8 Å². The molecule has 1 saturated heterocycles. The number of anilines is 1. The van der Waals surface area contributed by atoms with Crippen LogP contribution in [0.5, 0.6) is 0 Å². The lowest BCUT2D eigenvalue weighted by Crippen LogP contribution is -2.49. The van der Waals surface area contributed by atoms with Crippen LogP contribution in [0.3, 0.4) is 0 Å². The van der Waals surface area contributed by atoms with Crippen LogP contribution in [0.1, 0.15) is 11.3 Å². The molecule has 2 N–H and O–H groups in total. The van der Waals surface area contributed by atoms with E-state index in [1.165, 1.54) is 10.6 Å². The highest BCUT2D eigenvalue weighted by molar-refractivity contribution is 7.88. The second kappa shape index (κ2) is 5.63. The highest BCUT2D eigenvalue weighted by Crippen LogP contribution is 2.20. The van der Waals surface area contributed by atoms with Crippen molar-refractivity contribution in [2.24, 2.45) is 5.73 Å². The predicted molar refractivity (Wildman–Crippen MR) is 83.5 cm³/mol. The minimum Gasteiger partial charge on any atom is -0.389 e. The van der Waals surface area contributed by atoms with E-state index in [1.807, 2.05) is 24.0 Å². The van der Waals surface area contributed by atoms with Crippen LogP contribution in [0.4, 0.5) is 5.82 Å². The van der Waals surface area contributed by atoms with Gasteiger partial charge in [-0.05, 0) is 19.1 Å². The van der Waals surface area contributed by atoms with Gasteiger partial charge in [0, 0.05) is 31.9 Å². The summed E-state index contributed by atoms with van der Waals surface area (Å²) in [6.45, 7) is 3.97. The van der Waals surface area contributed by atoms with E-state index >= 15 is 0 Å². The lowest BCUT2D eigenvalue weighted by atomic mass is 10.2. The molecule has 1 aromatic rings. The lowest BCUT2D eigenvalue weighted by molar-refractivity contribution is 0.387. The standard InChI is InChI=1S/C12H18N4O2S2/c1-9-3-4-10(11(13)19)12(14-9)15-5-7-16(8-6-15)20(2,17)18/h3-4H,5-8H2,1-2H3,(H2,13,19). The molecule has 8 heteroatoms. The van der Waals surface area contributed by atoms with Gasteiger partial charge < -0.3 is 10.6 Å². The van der Waals surface area contributed by atoms with E-state index in [2.05, 4.69) is 4.98 Å². The fourth-order valence-corrected chi connectivity index (χ4v) is 3.19. The van der Waals surface area contributed by atoms with Gasteiger partial charge in [0.15, 0.2) is 0 Å². The molecule has 110 valence electrons. The summed E-state index contributed by atoms with van der Waals surface area (Å²) >= 11 is 5.05. The van der Waals surface area contributed by atoms with Gasteiger partial charge in [-0.2, -0.15) is 4.31 Å². The number of pyridine rings is 1. The number of piperazine rings is 1. The van der Waals surface area contributed by atoms with Crippen molar-refractivity contribution in [2.45, 2.75) is 6.92 Å². The zero-order valence-corrected chi connectivity index (χ0v) is 13.2. The summed E-state index contributed by atoms with van der Waals surface area (Å²) < 4.78 is 24.5. The lowest BCUT2D eigenvalue weighted by Gasteiger charge is -2.34. The summed E-state index contributed by atoms with van der Waals surface area (Å²) in [5.41, 5.74) is 7.34. The maximum absolute atomic E-state index is 11.5. The zero-order chi connectivity index (χ0) is 14.9. The molecule has 0 bridgehead atoms. The molecule has 0 spiro atoms. The number of aryl methyl sites for hydroxylation is 1. The average Bonchev–Trinajstić information content (AvgIpc) is 2.37. The molecule has 1 fully saturated rings. The summed E-state index contributed by atoms with van der Waals surface area (Å²) in [4.78, 5) is 6.83. The second-order valence-corrected chi connectivity index (χ2v) is 7.26. The Labute approximate surface area is 124 Å². The Morgan fingerprint density at radius 1 is 1.30 bits per heavy atom. The van der Waals surface area contributed by atoms with Gasteiger partial charge in [-0.1, -0.05) is 12.2 Å². The highest BCUT2D eigenvalue weighted by Gasteiger charge is 2.25. The first-order valence-electron chi connectivity index (χ1n) is 6.26. The number of aromatic nitrogens is 1. The molecule has 6 nitrogen and oxygen atoms in total. The topological polar surface area (TPSA) is 79.5 Å². The van der Waals surface area contributed by atoms with Crippen LogP contribution in [0.25, 0.3) is 0 Å². The SMILES string of the molecule is Cc1ccc(C(N)=S)c(N2CCN(S(C)(=O)=O)CC2)n1. The fraction of sp³-hybridized carbons (Fsp3) is 0.500. The summed E-state index contributed by atoms with van der Waals surface area (Å²) in [5, 5.41) is 0. The molecular weight excluding hydrogens is 296 g/mol. The van der Waals surface area contributed by atoms with Crippen molar-refractivity contribution in [2.75, 3.05) is 37.3 Å². The third-order valence-corrected chi connectivity index (χ3v) is 4.81. The molecule has 0 aliphatic carbocycles. The second-order valence-electron chi connectivity index (χ2n) is 4.84. The molecule has 20 heavy (non-hydrogen) atoms. The van der Waals surface area contributed by atoms with E-state index in [0.717, 1.165) is 17.1 Å². The minimum absolute atomic E-state index is 0.304. The molecule has 1 aliphatic heterocycles. The molecule has 0 radical (unpaired) electrons. The normalized spacial score (nSPS) is 17.2. The Morgan fingerprint density at radius 2 is 1.90 bits per heavy atom. The number of sulfonamides is 1. The predicted octanol–water partition coefficient (Wildman–Crippen LogP) is 0.106. The number of thiocarbonyl (C=S) groups is 1. The van der Waals surface area contributed by atoms with Crippen LogP contribution in [0.15, 0.2) is 12.1 Å². The first-order chi connectivity index (χ1) is 9.29. The maximum atomic E-state index is 11.5. The van der Waals surface area contributed by atoms with E-state index in [-0.39, 0.29) is 0 Å². The Bertz CT molecular complexity index is 622. The van der Waals surface area contributed by atoms with Crippen molar-refractivity contribution in [3.63, 3.8) is 0 Å². The Morgan fingerprint density at radius 3 is 2.40 bits per heavy atom. The first-order valence-corrected chi connectivity index (χ1v) is 8.52. The fourth-order valence-electron chi connectivity index (χ4n) is 2.21. The summed E-state index contributed by atoms with van der Waals surface area (Å²) in [6.07, 6.45) is 1.23. The van der Waals surface area contributed by atoms with Gasteiger partial charge in [0.2, 0.25) is 10.0 Å². The zero-order valence-electron chi connectivity index (χ0n) is 11.5. The van der Waals surface area contributed by atoms with Crippen molar-refractivity contribution in [1.29, 1.82) is 0 Å². The van der Waals surface area contributed by atoms with Gasteiger partial charge in [0.25, 0.3) is 0 Å². The molecule has 0 aromatic carbocycles. The Balaban J connectivity index is 2.22. The van der Waals surface area contributed by atoms with Crippen LogP contribution >= 0.6 is 12.2 Å². The monoisotopic (exact) mass is 314 g/mol. The quantitative estimate of drug-likeness (QED) is 0.798.